The number of nitrogens with zero attached hydrogens (tertiary/aromatic N) is 1. The van der Waals surface area contributed by atoms with Crippen molar-refractivity contribution in [2.24, 2.45) is 5.92 Å². The van der Waals surface area contributed by atoms with Crippen LogP contribution in [0.2, 0.25) is 0 Å². The van der Waals surface area contributed by atoms with Crippen LogP contribution in [0.1, 0.15) is 13.3 Å². The number of likely N-dealkylation sites (tertiary alicyclic amines) is 1. The summed E-state index contributed by atoms with van der Waals surface area (Å²) in [5, 5.41) is 12.2. The molecule has 1 aliphatic heterocycles. The van der Waals surface area contributed by atoms with Crippen LogP contribution in [-0.2, 0) is 4.79 Å². The van der Waals surface area contributed by atoms with Crippen LogP contribution in [0.15, 0.2) is 18.2 Å². The predicted octanol–water partition coefficient (Wildman–Crippen LogP) is 1.61. The van der Waals surface area contributed by atoms with E-state index in [9.17, 15) is 18.7 Å². The van der Waals surface area contributed by atoms with Crippen LogP contribution in [0.4, 0.5) is 14.5 Å². The minimum absolute atomic E-state index is 0.0395. The number of amides is 1. The van der Waals surface area contributed by atoms with E-state index >= 15 is 0 Å². The molecule has 2 N–H and O–H groups in total. The van der Waals surface area contributed by atoms with Crippen molar-refractivity contribution in [3.63, 3.8) is 0 Å². The molecule has 0 aliphatic carbocycles. The Morgan fingerprint density at radius 2 is 2.25 bits per heavy atom. The summed E-state index contributed by atoms with van der Waals surface area (Å²) in [4.78, 5) is 13.6. The second-order valence-electron chi connectivity index (χ2n) is 5.24. The Morgan fingerprint density at radius 1 is 1.50 bits per heavy atom. The third-order valence-electron chi connectivity index (χ3n) is 3.58. The molecule has 1 aliphatic rings. The number of β-amino-alcohol motifs (C(OH)–C–C–N with tert-alkyl or cyclic N) is 1. The van der Waals surface area contributed by atoms with Crippen molar-refractivity contribution < 1.29 is 18.7 Å². The molecule has 0 aromatic heterocycles. The zero-order valence-corrected chi connectivity index (χ0v) is 11.3. The zero-order chi connectivity index (χ0) is 14.7. The molecule has 0 spiro atoms. The zero-order valence-electron chi connectivity index (χ0n) is 11.3. The van der Waals surface area contributed by atoms with Crippen molar-refractivity contribution in [1.29, 1.82) is 0 Å². The quantitative estimate of drug-likeness (QED) is 0.886. The number of nitrogens with one attached hydrogen (secondary N) is 1. The Morgan fingerprint density at radius 3 is 2.90 bits per heavy atom. The summed E-state index contributed by atoms with van der Waals surface area (Å²) in [5.41, 5.74) is -0.0395. The van der Waals surface area contributed by atoms with Gasteiger partial charge in [-0.05, 0) is 31.0 Å². The van der Waals surface area contributed by atoms with Crippen LogP contribution in [-0.4, -0.2) is 41.7 Å². The summed E-state index contributed by atoms with van der Waals surface area (Å²) in [5.74, 6) is -1.64. The molecule has 1 heterocycles. The van der Waals surface area contributed by atoms with Gasteiger partial charge in [0, 0.05) is 12.6 Å². The van der Waals surface area contributed by atoms with Gasteiger partial charge in [0.2, 0.25) is 5.91 Å². The SMILES string of the molecule is CC1CCN(CC(=O)Nc2ccc(F)cc2F)CC1O. The minimum Gasteiger partial charge on any atom is -0.392 e. The Bertz CT molecular complexity index is 496. The van der Waals surface area contributed by atoms with E-state index in [1.807, 2.05) is 11.8 Å². The van der Waals surface area contributed by atoms with Gasteiger partial charge in [0.15, 0.2) is 0 Å². The molecule has 2 rings (SSSR count). The number of carbonyl (C=O) groups excluding carboxylic acids is 1. The minimum atomic E-state index is -0.800. The van der Waals surface area contributed by atoms with Gasteiger partial charge in [-0.2, -0.15) is 0 Å². The molecule has 4 nitrogen and oxygen atoms in total. The van der Waals surface area contributed by atoms with Gasteiger partial charge >= 0.3 is 0 Å². The van der Waals surface area contributed by atoms with E-state index in [4.69, 9.17) is 0 Å². The molecule has 2 unspecified atom stereocenters. The Balaban J connectivity index is 1.89. The summed E-state index contributed by atoms with van der Waals surface area (Å²) in [6.07, 6.45) is 0.374. The molecule has 1 aromatic rings. The number of piperidine rings is 1. The van der Waals surface area contributed by atoms with E-state index in [1.165, 1.54) is 6.07 Å². The standard InChI is InChI=1S/C14H18F2N2O2/c1-9-4-5-18(7-13(9)19)8-14(20)17-12-3-2-10(15)6-11(12)16/h2-3,6,9,13,19H,4-5,7-8H2,1H3,(H,17,20). The van der Waals surface area contributed by atoms with Crippen LogP contribution in [0, 0.1) is 17.6 Å². The fourth-order valence-corrected chi connectivity index (χ4v) is 2.24. The first-order valence-corrected chi connectivity index (χ1v) is 6.61. The smallest absolute Gasteiger partial charge is 0.238 e. The maximum Gasteiger partial charge on any atom is 0.238 e. The lowest BCUT2D eigenvalue weighted by molar-refractivity contribution is -0.118. The van der Waals surface area contributed by atoms with Crippen molar-refractivity contribution >= 4 is 11.6 Å². The van der Waals surface area contributed by atoms with E-state index in [1.54, 1.807) is 0 Å². The van der Waals surface area contributed by atoms with Gasteiger partial charge in [-0.1, -0.05) is 6.92 Å². The number of carbonyl (C=O) groups is 1. The maximum absolute atomic E-state index is 13.4. The number of benzene rings is 1. The number of halogens is 2. The highest BCUT2D eigenvalue weighted by molar-refractivity contribution is 5.92. The van der Waals surface area contributed by atoms with Crippen LogP contribution >= 0.6 is 0 Å². The second kappa shape index (κ2) is 6.28. The van der Waals surface area contributed by atoms with Gasteiger partial charge in [-0.15, -0.1) is 0 Å². The molecular formula is C14H18F2N2O2. The van der Waals surface area contributed by atoms with Crippen LogP contribution in [0.5, 0.6) is 0 Å². The fourth-order valence-electron chi connectivity index (χ4n) is 2.24. The molecule has 1 fully saturated rings. The maximum atomic E-state index is 13.4. The number of aliphatic hydroxyl groups is 1. The molecule has 6 heteroatoms. The molecule has 110 valence electrons. The van der Waals surface area contributed by atoms with Crippen molar-refractivity contribution in [2.75, 3.05) is 25.0 Å². The summed E-state index contributed by atoms with van der Waals surface area (Å²) >= 11 is 0. The second-order valence-corrected chi connectivity index (χ2v) is 5.24. The molecule has 0 saturated carbocycles. The van der Waals surface area contributed by atoms with Gasteiger partial charge in [-0.25, -0.2) is 8.78 Å². The van der Waals surface area contributed by atoms with Crippen LogP contribution in [0.25, 0.3) is 0 Å². The van der Waals surface area contributed by atoms with Crippen LogP contribution < -0.4 is 5.32 Å². The molecule has 0 bridgehead atoms. The van der Waals surface area contributed by atoms with Gasteiger partial charge in [-0.3, -0.25) is 9.69 Å². The van der Waals surface area contributed by atoms with E-state index in [2.05, 4.69) is 5.32 Å². The first-order chi connectivity index (χ1) is 9.45. The molecule has 1 amide bonds. The van der Waals surface area contributed by atoms with Crippen molar-refractivity contribution in [1.82, 2.24) is 4.90 Å². The first-order valence-electron chi connectivity index (χ1n) is 6.61. The molecular weight excluding hydrogens is 266 g/mol. The third kappa shape index (κ3) is 3.74. The molecule has 1 aromatic carbocycles. The van der Waals surface area contributed by atoms with Gasteiger partial charge < -0.3 is 10.4 Å². The highest BCUT2D eigenvalue weighted by atomic mass is 19.1. The summed E-state index contributed by atoms with van der Waals surface area (Å²) in [6, 6.07) is 3.00. The predicted molar refractivity (Wildman–Crippen MR) is 71.2 cm³/mol. The molecule has 2 atom stereocenters. The Labute approximate surface area is 116 Å². The highest BCUT2D eigenvalue weighted by Crippen LogP contribution is 2.18. The van der Waals surface area contributed by atoms with Crippen LogP contribution in [0.3, 0.4) is 0 Å². The number of hydrogen-bond acceptors (Lipinski definition) is 3. The van der Waals surface area contributed by atoms with E-state index in [0.717, 1.165) is 25.1 Å². The van der Waals surface area contributed by atoms with Crippen molar-refractivity contribution in [3.05, 3.63) is 29.8 Å². The van der Waals surface area contributed by atoms with E-state index in [0.29, 0.717) is 6.54 Å². The summed E-state index contributed by atoms with van der Waals surface area (Å²) in [7, 11) is 0. The summed E-state index contributed by atoms with van der Waals surface area (Å²) in [6.45, 7) is 3.20. The number of rotatable bonds is 3. The largest absolute Gasteiger partial charge is 0.392 e. The fraction of sp³-hybridized carbons (Fsp3) is 0.500. The van der Waals surface area contributed by atoms with E-state index < -0.39 is 17.7 Å². The van der Waals surface area contributed by atoms with E-state index in [-0.39, 0.29) is 24.1 Å². The monoisotopic (exact) mass is 284 g/mol. The number of aliphatic hydroxyl groups excluding tert-OH is 1. The molecule has 20 heavy (non-hydrogen) atoms. The molecule has 1 saturated heterocycles. The average molecular weight is 284 g/mol. The van der Waals surface area contributed by atoms with Gasteiger partial charge in [0.05, 0.1) is 18.3 Å². The topological polar surface area (TPSA) is 52.6 Å². The molecule has 0 radical (unpaired) electrons. The highest BCUT2D eigenvalue weighted by Gasteiger charge is 2.25. The Hall–Kier alpha value is -1.53. The van der Waals surface area contributed by atoms with Gasteiger partial charge in [0.1, 0.15) is 11.6 Å². The summed E-state index contributed by atoms with van der Waals surface area (Å²) < 4.78 is 26.1. The lowest BCUT2D eigenvalue weighted by atomic mass is 9.96. The third-order valence-corrected chi connectivity index (χ3v) is 3.58. The van der Waals surface area contributed by atoms with Crippen molar-refractivity contribution in [3.8, 4) is 0 Å². The first kappa shape index (κ1) is 14.9. The van der Waals surface area contributed by atoms with Gasteiger partial charge in [0.25, 0.3) is 0 Å². The number of anilines is 1. The lowest BCUT2D eigenvalue weighted by Crippen LogP contribution is -2.45. The van der Waals surface area contributed by atoms with Crippen molar-refractivity contribution in [2.45, 2.75) is 19.4 Å². The normalized spacial score (nSPS) is 23.6. The lowest BCUT2D eigenvalue weighted by Gasteiger charge is -2.33. The average Bonchev–Trinajstić information content (AvgIpc) is 2.37. The number of hydrogen-bond donors (Lipinski definition) is 2. The Kier molecular flexibility index (Phi) is 4.67.